The number of anilines is 2. The van der Waals surface area contributed by atoms with Crippen molar-refractivity contribution >= 4 is 22.9 Å². The standard InChI is InChI=1S/C23H28N8O/c1-12(13-5-3-4-6-13)31-11-27-18-17(15-8-26-16(24)9-25-15)28-22(29-21(18)31)30-10-23(2)7-14-19(30)20(14)32-23/h8-9,11-14,19-20H,3-7,10H2,1-2H3,(H2,24,26). The van der Waals surface area contributed by atoms with E-state index in [0.29, 0.717) is 41.5 Å². The van der Waals surface area contributed by atoms with E-state index in [9.17, 15) is 0 Å². The van der Waals surface area contributed by atoms with Gasteiger partial charge in [0.2, 0.25) is 5.95 Å². The van der Waals surface area contributed by atoms with Gasteiger partial charge in [-0.2, -0.15) is 4.98 Å². The van der Waals surface area contributed by atoms with Crippen molar-refractivity contribution < 1.29 is 4.74 Å². The van der Waals surface area contributed by atoms with Crippen molar-refractivity contribution in [3.05, 3.63) is 18.7 Å². The lowest BCUT2D eigenvalue weighted by atomic mass is 9.95. The molecule has 8 rings (SSSR count). The van der Waals surface area contributed by atoms with Crippen molar-refractivity contribution in [1.82, 2.24) is 29.5 Å². The summed E-state index contributed by atoms with van der Waals surface area (Å²) >= 11 is 0. The molecule has 6 heterocycles. The summed E-state index contributed by atoms with van der Waals surface area (Å²) < 4.78 is 8.50. The van der Waals surface area contributed by atoms with Crippen molar-refractivity contribution in [1.29, 1.82) is 0 Å². The summed E-state index contributed by atoms with van der Waals surface area (Å²) in [6.07, 6.45) is 11.8. The normalized spacial score (nSPS) is 32.1. The highest BCUT2D eigenvalue weighted by molar-refractivity contribution is 5.87. The number of nitrogen functional groups attached to an aromatic ring is 1. The minimum atomic E-state index is -0.110. The van der Waals surface area contributed by atoms with Crippen LogP contribution in [0.2, 0.25) is 0 Å². The van der Waals surface area contributed by atoms with Crippen molar-refractivity contribution in [2.75, 3.05) is 17.2 Å². The van der Waals surface area contributed by atoms with Crippen LogP contribution in [0.4, 0.5) is 11.8 Å². The molecule has 3 aromatic heterocycles. The molecule has 0 radical (unpaired) electrons. The smallest absolute Gasteiger partial charge is 0.228 e. The number of hydrogen-bond donors (Lipinski definition) is 1. The predicted octanol–water partition coefficient (Wildman–Crippen LogP) is 2.98. The average Bonchev–Trinajstić information content (AvgIpc) is 3.24. The Kier molecular flexibility index (Phi) is 3.73. The van der Waals surface area contributed by atoms with E-state index < -0.39 is 0 Å². The van der Waals surface area contributed by atoms with Gasteiger partial charge in [0.15, 0.2) is 5.65 Å². The fourth-order valence-corrected chi connectivity index (χ4v) is 6.41. The lowest BCUT2D eigenvalue weighted by Crippen LogP contribution is -2.52. The van der Waals surface area contributed by atoms with Crippen molar-refractivity contribution in [3.63, 3.8) is 0 Å². The van der Waals surface area contributed by atoms with Crippen LogP contribution in [0.25, 0.3) is 22.6 Å². The molecule has 3 saturated heterocycles. The van der Waals surface area contributed by atoms with Gasteiger partial charge in [0, 0.05) is 12.0 Å². The molecule has 9 nitrogen and oxygen atoms in total. The zero-order valence-corrected chi connectivity index (χ0v) is 18.5. The third kappa shape index (κ3) is 2.63. The molecule has 3 aromatic rings. The quantitative estimate of drug-likeness (QED) is 0.670. The fourth-order valence-electron chi connectivity index (χ4n) is 6.41. The van der Waals surface area contributed by atoms with Crippen LogP contribution in [0, 0.1) is 11.8 Å². The third-order valence-corrected chi connectivity index (χ3v) is 8.11. The average molecular weight is 433 g/mol. The second kappa shape index (κ2) is 6.37. The van der Waals surface area contributed by atoms with Gasteiger partial charge in [-0.1, -0.05) is 12.8 Å². The Morgan fingerprint density at radius 1 is 1.16 bits per heavy atom. The molecule has 2 aliphatic carbocycles. The number of hydrogen-bond acceptors (Lipinski definition) is 8. The number of nitrogens with two attached hydrogens (primary N) is 1. The molecule has 2 N–H and O–H groups in total. The van der Waals surface area contributed by atoms with Crippen LogP contribution in [0.3, 0.4) is 0 Å². The van der Waals surface area contributed by atoms with Gasteiger partial charge in [-0.05, 0) is 39.0 Å². The molecular formula is C23H28N8O. The Morgan fingerprint density at radius 3 is 2.69 bits per heavy atom. The Labute approximate surface area is 186 Å². The first-order chi connectivity index (χ1) is 15.5. The monoisotopic (exact) mass is 432 g/mol. The van der Waals surface area contributed by atoms with Crippen LogP contribution in [0.1, 0.15) is 52.0 Å². The van der Waals surface area contributed by atoms with Gasteiger partial charge >= 0.3 is 0 Å². The summed E-state index contributed by atoms with van der Waals surface area (Å²) in [5, 5.41) is 0. The highest BCUT2D eigenvalue weighted by Gasteiger charge is 2.69. The molecule has 0 amide bonds. The summed E-state index contributed by atoms with van der Waals surface area (Å²) in [6, 6.07) is 0.725. The fraction of sp³-hybridized carbons (Fsp3) is 0.609. The first kappa shape index (κ1) is 18.7. The number of fused-ring (bicyclic) bond motifs is 2. The van der Waals surface area contributed by atoms with Gasteiger partial charge in [-0.3, -0.25) is 0 Å². The third-order valence-electron chi connectivity index (χ3n) is 8.11. The maximum Gasteiger partial charge on any atom is 0.228 e. The number of nitrogens with zero attached hydrogens (tertiary/aromatic N) is 7. The second-order valence-electron chi connectivity index (χ2n) is 10.3. The van der Waals surface area contributed by atoms with Gasteiger partial charge in [-0.15, -0.1) is 0 Å². The zero-order chi connectivity index (χ0) is 21.6. The summed E-state index contributed by atoms with van der Waals surface area (Å²) in [5.41, 5.74) is 8.72. The Morgan fingerprint density at radius 2 is 2.00 bits per heavy atom. The van der Waals surface area contributed by atoms with Crippen LogP contribution < -0.4 is 10.6 Å². The molecule has 0 spiro atoms. The molecule has 5 unspecified atom stereocenters. The second-order valence-corrected chi connectivity index (χ2v) is 10.3. The zero-order valence-electron chi connectivity index (χ0n) is 18.5. The Bertz CT molecular complexity index is 1190. The van der Waals surface area contributed by atoms with Crippen LogP contribution in [0.5, 0.6) is 0 Å². The van der Waals surface area contributed by atoms with E-state index in [1.165, 1.54) is 25.7 Å². The van der Waals surface area contributed by atoms with Crippen molar-refractivity contribution in [3.8, 4) is 11.4 Å². The molecule has 32 heavy (non-hydrogen) atoms. The Hall–Kier alpha value is -2.81. The summed E-state index contributed by atoms with van der Waals surface area (Å²) in [4.78, 5) is 26.0. The van der Waals surface area contributed by atoms with E-state index in [-0.39, 0.29) is 5.60 Å². The van der Waals surface area contributed by atoms with Crippen LogP contribution in [0.15, 0.2) is 18.7 Å². The summed E-state index contributed by atoms with van der Waals surface area (Å²) in [7, 11) is 0. The number of piperidine rings is 1. The van der Waals surface area contributed by atoms with Crippen molar-refractivity contribution in [2.45, 2.75) is 69.7 Å². The van der Waals surface area contributed by atoms with E-state index in [1.807, 2.05) is 6.33 Å². The predicted molar refractivity (Wildman–Crippen MR) is 120 cm³/mol. The van der Waals surface area contributed by atoms with Gasteiger partial charge in [0.05, 0.1) is 43.0 Å². The van der Waals surface area contributed by atoms with Gasteiger partial charge in [-0.25, -0.2) is 19.9 Å². The molecule has 9 heteroatoms. The van der Waals surface area contributed by atoms with Crippen LogP contribution >= 0.6 is 0 Å². The maximum atomic E-state index is 6.25. The van der Waals surface area contributed by atoms with E-state index >= 15 is 0 Å². The molecule has 5 atom stereocenters. The lowest BCUT2D eigenvalue weighted by Gasteiger charge is -2.41. The summed E-state index contributed by atoms with van der Waals surface area (Å²) in [6.45, 7) is 5.32. The highest BCUT2D eigenvalue weighted by atomic mass is 16.5. The first-order valence-corrected chi connectivity index (χ1v) is 11.8. The van der Waals surface area contributed by atoms with E-state index in [2.05, 4.69) is 33.3 Å². The van der Waals surface area contributed by atoms with Crippen molar-refractivity contribution in [2.24, 2.45) is 11.8 Å². The van der Waals surface area contributed by atoms with Crippen LogP contribution in [-0.4, -0.2) is 53.8 Å². The largest absolute Gasteiger partial charge is 0.382 e. The van der Waals surface area contributed by atoms with E-state index in [4.69, 9.17) is 25.4 Å². The minimum absolute atomic E-state index is 0.110. The number of aromatic nitrogens is 6. The number of rotatable bonds is 4. The molecule has 5 aliphatic rings. The van der Waals surface area contributed by atoms with Gasteiger partial charge in [0.25, 0.3) is 0 Å². The molecule has 3 aliphatic heterocycles. The van der Waals surface area contributed by atoms with Crippen LogP contribution in [-0.2, 0) is 4.74 Å². The lowest BCUT2D eigenvalue weighted by molar-refractivity contribution is -0.0320. The SMILES string of the molecule is CC(C1CCCC1)n1cnc2c(-c3cnc(N)cn3)nc(N3CC4(C)CC5C(O4)C53)nc21. The topological polar surface area (TPSA) is 108 Å². The van der Waals surface area contributed by atoms with E-state index in [1.54, 1.807) is 12.4 Å². The van der Waals surface area contributed by atoms with Gasteiger partial charge < -0.3 is 19.9 Å². The maximum absolute atomic E-state index is 6.25. The molecule has 0 aromatic carbocycles. The number of morpholine rings is 1. The minimum Gasteiger partial charge on any atom is -0.382 e. The summed E-state index contributed by atoms with van der Waals surface area (Å²) in [5.74, 6) is 2.39. The Balaban J connectivity index is 1.38. The number of imidazole rings is 1. The molecular weight excluding hydrogens is 404 g/mol. The molecule has 5 fully saturated rings. The molecule has 166 valence electrons. The first-order valence-electron chi connectivity index (χ1n) is 11.8. The van der Waals surface area contributed by atoms with Gasteiger partial charge in [0.1, 0.15) is 22.7 Å². The molecule has 4 bridgehead atoms. The highest BCUT2D eigenvalue weighted by Crippen LogP contribution is 2.58. The number of ether oxygens (including phenoxy) is 1. The van der Waals surface area contributed by atoms with E-state index in [0.717, 1.165) is 35.8 Å². The molecule has 2 saturated carbocycles.